The van der Waals surface area contributed by atoms with Crippen molar-refractivity contribution in [3.63, 3.8) is 0 Å². The van der Waals surface area contributed by atoms with Crippen LogP contribution in [0.4, 0.5) is 0 Å². The van der Waals surface area contributed by atoms with E-state index in [1.54, 1.807) is 18.2 Å². The molecule has 0 aliphatic rings. The zero-order chi connectivity index (χ0) is 11.3. The molecule has 0 heterocycles. The lowest BCUT2D eigenvalue weighted by Gasteiger charge is -2.10. The number of hydrogen-bond acceptors (Lipinski definition) is 4. The summed E-state index contributed by atoms with van der Waals surface area (Å²) >= 11 is 3.27. The van der Waals surface area contributed by atoms with Crippen molar-refractivity contribution in [1.82, 2.24) is 0 Å². The van der Waals surface area contributed by atoms with E-state index in [9.17, 15) is 9.90 Å². The monoisotopic (exact) mass is 270 g/mol. The van der Waals surface area contributed by atoms with E-state index in [1.807, 2.05) is 6.07 Å². The normalized spacial score (nSPS) is 11.2. The molecule has 0 N–H and O–H groups in total. The zero-order valence-corrected chi connectivity index (χ0v) is 9.65. The molecule has 0 atom stereocenters. The second kappa shape index (κ2) is 5.50. The van der Waals surface area contributed by atoms with E-state index in [0.29, 0.717) is 10.9 Å². The van der Waals surface area contributed by atoms with Gasteiger partial charge >= 0.3 is 0 Å². The van der Waals surface area contributed by atoms with Gasteiger partial charge in [0.15, 0.2) is 0 Å². The Bertz CT molecular complexity index is 390. The van der Waals surface area contributed by atoms with Crippen molar-refractivity contribution in [2.45, 2.75) is 5.33 Å². The first-order valence-electron chi connectivity index (χ1n) is 4.17. The largest absolute Gasteiger partial charge is 0.543 e. The maximum Gasteiger partial charge on any atom is 0.133 e. The molecule has 0 amide bonds. The summed E-state index contributed by atoms with van der Waals surface area (Å²) in [4.78, 5) is 15.3. The molecule has 0 aliphatic heterocycles. The molecule has 5 heteroatoms. The highest BCUT2D eigenvalue weighted by atomic mass is 79.9. The van der Waals surface area contributed by atoms with Crippen LogP contribution in [0.3, 0.4) is 0 Å². The number of nitrogens with zero attached hydrogens (tertiary/aromatic N) is 1. The topological polar surface area (TPSA) is 61.7 Å². The Kier molecular flexibility index (Phi) is 4.30. The third-order valence-electron chi connectivity index (χ3n) is 1.79. The molecule has 0 aromatic heterocycles. The SMILES string of the molecule is CO/N=C(/C(=O)[O-])c1ccccc1CBr. The molecule has 0 bridgehead atoms. The summed E-state index contributed by atoms with van der Waals surface area (Å²) in [5, 5.41) is 14.8. The number of carboxylic acids is 1. The number of oxime groups is 1. The van der Waals surface area contributed by atoms with Crippen molar-refractivity contribution < 1.29 is 14.7 Å². The summed E-state index contributed by atoms with van der Waals surface area (Å²) in [6, 6.07) is 7.01. The van der Waals surface area contributed by atoms with Crippen molar-refractivity contribution in [3.05, 3.63) is 35.4 Å². The Labute approximate surface area is 95.7 Å². The van der Waals surface area contributed by atoms with Gasteiger partial charge in [-0.25, -0.2) is 0 Å². The number of rotatable bonds is 4. The van der Waals surface area contributed by atoms with Crippen LogP contribution in [-0.2, 0) is 15.0 Å². The molecule has 0 aliphatic carbocycles. The molecule has 0 fully saturated rings. The van der Waals surface area contributed by atoms with E-state index in [-0.39, 0.29) is 5.71 Å². The predicted octanol–water partition coefficient (Wildman–Crippen LogP) is 0.682. The smallest absolute Gasteiger partial charge is 0.133 e. The Morgan fingerprint density at radius 3 is 2.73 bits per heavy atom. The average Bonchev–Trinajstić information content (AvgIpc) is 2.25. The van der Waals surface area contributed by atoms with Crippen molar-refractivity contribution in [2.75, 3.05) is 7.11 Å². The van der Waals surface area contributed by atoms with Crippen LogP contribution in [0.1, 0.15) is 11.1 Å². The quantitative estimate of drug-likeness (QED) is 0.459. The van der Waals surface area contributed by atoms with Crippen LogP contribution in [0.25, 0.3) is 0 Å². The molecule has 0 radical (unpaired) electrons. The number of hydrogen-bond donors (Lipinski definition) is 0. The highest BCUT2D eigenvalue weighted by molar-refractivity contribution is 9.08. The second-order valence-corrected chi connectivity index (χ2v) is 3.26. The summed E-state index contributed by atoms with van der Waals surface area (Å²) in [6.07, 6.45) is 0. The highest BCUT2D eigenvalue weighted by Gasteiger charge is 2.09. The van der Waals surface area contributed by atoms with Gasteiger partial charge in [0.1, 0.15) is 12.8 Å². The zero-order valence-electron chi connectivity index (χ0n) is 8.07. The Morgan fingerprint density at radius 2 is 2.20 bits per heavy atom. The number of carboxylic acid groups (broad SMARTS) is 1. The molecule has 80 valence electrons. The van der Waals surface area contributed by atoms with E-state index in [0.717, 1.165) is 5.56 Å². The first kappa shape index (κ1) is 11.7. The summed E-state index contributed by atoms with van der Waals surface area (Å²) in [6.45, 7) is 0. The van der Waals surface area contributed by atoms with Gasteiger partial charge in [-0.15, -0.1) is 0 Å². The third kappa shape index (κ3) is 2.79. The van der Waals surface area contributed by atoms with Gasteiger partial charge in [-0.1, -0.05) is 45.4 Å². The van der Waals surface area contributed by atoms with Crippen LogP contribution in [0, 0.1) is 0 Å². The molecule has 0 saturated carbocycles. The predicted molar refractivity (Wildman–Crippen MR) is 57.6 cm³/mol. The lowest BCUT2D eigenvalue weighted by atomic mass is 10.0. The van der Waals surface area contributed by atoms with E-state index in [2.05, 4.69) is 25.9 Å². The first-order chi connectivity index (χ1) is 7.20. The fourth-order valence-electron chi connectivity index (χ4n) is 1.16. The summed E-state index contributed by atoms with van der Waals surface area (Å²) in [5.74, 6) is -1.36. The van der Waals surface area contributed by atoms with Crippen LogP contribution < -0.4 is 5.11 Å². The number of carbonyl (C=O) groups is 1. The van der Waals surface area contributed by atoms with Crippen molar-refractivity contribution in [1.29, 1.82) is 0 Å². The van der Waals surface area contributed by atoms with Gasteiger partial charge < -0.3 is 14.7 Å². The number of alkyl halides is 1. The lowest BCUT2D eigenvalue weighted by Crippen LogP contribution is -2.33. The van der Waals surface area contributed by atoms with Gasteiger partial charge in [-0.05, 0) is 5.56 Å². The van der Waals surface area contributed by atoms with Crippen molar-refractivity contribution in [2.24, 2.45) is 5.16 Å². The molecule has 0 unspecified atom stereocenters. The molecular weight excluding hydrogens is 262 g/mol. The fourth-order valence-corrected chi connectivity index (χ4v) is 1.64. The lowest BCUT2D eigenvalue weighted by molar-refractivity contribution is -0.294. The molecule has 1 aromatic rings. The van der Waals surface area contributed by atoms with Gasteiger partial charge in [0.05, 0.1) is 5.97 Å². The average molecular weight is 271 g/mol. The Morgan fingerprint density at radius 1 is 1.53 bits per heavy atom. The number of aliphatic carboxylic acids is 1. The Balaban J connectivity index is 3.22. The van der Waals surface area contributed by atoms with E-state index in [1.165, 1.54) is 7.11 Å². The fraction of sp³-hybridized carbons (Fsp3) is 0.200. The minimum Gasteiger partial charge on any atom is -0.543 e. The number of halogens is 1. The van der Waals surface area contributed by atoms with E-state index >= 15 is 0 Å². The van der Waals surface area contributed by atoms with Crippen LogP contribution in [0.2, 0.25) is 0 Å². The summed E-state index contributed by atoms with van der Waals surface area (Å²) < 4.78 is 0. The van der Waals surface area contributed by atoms with Gasteiger partial charge in [0.25, 0.3) is 0 Å². The first-order valence-corrected chi connectivity index (χ1v) is 5.29. The van der Waals surface area contributed by atoms with Crippen LogP contribution in [-0.4, -0.2) is 18.8 Å². The van der Waals surface area contributed by atoms with Gasteiger partial charge in [0, 0.05) is 10.9 Å². The van der Waals surface area contributed by atoms with Crippen molar-refractivity contribution >= 4 is 27.6 Å². The third-order valence-corrected chi connectivity index (χ3v) is 2.40. The Hall–Kier alpha value is -1.36. The molecule has 15 heavy (non-hydrogen) atoms. The molecule has 0 saturated heterocycles. The van der Waals surface area contributed by atoms with Crippen molar-refractivity contribution in [3.8, 4) is 0 Å². The van der Waals surface area contributed by atoms with Gasteiger partial charge in [0.2, 0.25) is 0 Å². The number of benzene rings is 1. The minimum atomic E-state index is -1.36. The standard InChI is InChI=1S/C10H10BrNO3/c1-15-12-9(10(13)14)8-5-3-2-4-7(8)6-11/h2-5H,6H2,1H3,(H,13,14)/p-1/b12-9+. The van der Waals surface area contributed by atoms with Gasteiger partial charge in [-0.2, -0.15) is 0 Å². The molecule has 1 rings (SSSR count). The van der Waals surface area contributed by atoms with Crippen LogP contribution in [0.15, 0.2) is 29.4 Å². The molecule has 4 nitrogen and oxygen atoms in total. The number of carbonyl (C=O) groups excluding carboxylic acids is 1. The van der Waals surface area contributed by atoms with E-state index in [4.69, 9.17) is 0 Å². The molecule has 1 aromatic carbocycles. The minimum absolute atomic E-state index is 0.201. The van der Waals surface area contributed by atoms with Crippen LogP contribution in [0.5, 0.6) is 0 Å². The van der Waals surface area contributed by atoms with Crippen LogP contribution >= 0.6 is 15.9 Å². The van der Waals surface area contributed by atoms with E-state index < -0.39 is 5.97 Å². The summed E-state index contributed by atoms with van der Waals surface area (Å²) in [7, 11) is 1.29. The van der Waals surface area contributed by atoms with Gasteiger partial charge in [-0.3, -0.25) is 0 Å². The molecular formula is C10H9BrNO3-. The molecule has 0 spiro atoms. The summed E-state index contributed by atoms with van der Waals surface area (Å²) in [5.41, 5.74) is 1.11. The highest BCUT2D eigenvalue weighted by Crippen LogP contribution is 2.13. The maximum absolute atomic E-state index is 10.8. The second-order valence-electron chi connectivity index (χ2n) is 2.70. The maximum atomic E-state index is 10.8.